The summed E-state index contributed by atoms with van der Waals surface area (Å²) >= 11 is 1.83. The lowest BCUT2D eigenvalue weighted by atomic mass is 9.99. The van der Waals surface area contributed by atoms with Crippen LogP contribution in [0.1, 0.15) is 22.2 Å². The van der Waals surface area contributed by atoms with E-state index in [4.69, 9.17) is 0 Å². The van der Waals surface area contributed by atoms with Crippen LogP contribution in [0.4, 0.5) is 10.1 Å². The molecule has 1 aliphatic rings. The second kappa shape index (κ2) is 7.65. The van der Waals surface area contributed by atoms with Crippen LogP contribution >= 0.6 is 11.3 Å². The van der Waals surface area contributed by atoms with Crippen molar-refractivity contribution in [1.29, 1.82) is 0 Å². The van der Waals surface area contributed by atoms with Crippen LogP contribution in [0.25, 0.3) is 10.9 Å². The van der Waals surface area contributed by atoms with Crippen molar-refractivity contribution in [3.8, 4) is 0 Å². The molecular formula is C24H24FN3S. The van der Waals surface area contributed by atoms with Crippen molar-refractivity contribution in [2.75, 3.05) is 31.1 Å². The third-order valence-electron chi connectivity index (χ3n) is 5.90. The molecule has 0 amide bonds. The molecule has 2 aromatic carbocycles. The molecule has 2 aromatic heterocycles. The fraction of sp³-hybridized carbons (Fsp3) is 0.250. The van der Waals surface area contributed by atoms with Crippen LogP contribution < -0.4 is 4.90 Å². The van der Waals surface area contributed by atoms with Crippen molar-refractivity contribution in [1.82, 2.24) is 9.88 Å². The van der Waals surface area contributed by atoms with Gasteiger partial charge in [-0.2, -0.15) is 0 Å². The minimum absolute atomic E-state index is 0.181. The first-order chi connectivity index (χ1) is 14.2. The van der Waals surface area contributed by atoms with Crippen LogP contribution in [-0.4, -0.2) is 36.1 Å². The molecule has 148 valence electrons. The Morgan fingerprint density at radius 1 is 0.931 bits per heavy atom. The summed E-state index contributed by atoms with van der Waals surface area (Å²) in [5.74, 6) is -0.181. The van der Waals surface area contributed by atoms with E-state index in [0.29, 0.717) is 0 Å². The van der Waals surface area contributed by atoms with E-state index < -0.39 is 0 Å². The summed E-state index contributed by atoms with van der Waals surface area (Å²) in [6.45, 7) is 6.01. The topological polar surface area (TPSA) is 22.3 Å². The van der Waals surface area contributed by atoms with Gasteiger partial charge in [0.05, 0.1) is 6.04 Å². The van der Waals surface area contributed by atoms with Gasteiger partial charge in [-0.1, -0.05) is 24.3 Å². The van der Waals surface area contributed by atoms with Crippen LogP contribution in [0.2, 0.25) is 0 Å². The van der Waals surface area contributed by atoms with Gasteiger partial charge in [0.2, 0.25) is 0 Å². The number of anilines is 1. The summed E-state index contributed by atoms with van der Waals surface area (Å²) in [4.78, 5) is 9.91. The third-order valence-corrected chi connectivity index (χ3v) is 6.83. The number of benzene rings is 2. The van der Waals surface area contributed by atoms with Crippen molar-refractivity contribution in [3.63, 3.8) is 0 Å². The molecule has 3 nitrogen and oxygen atoms in total. The fourth-order valence-electron chi connectivity index (χ4n) is 4.49. The van der Waals surface area contributed by atoms with Crippen molar-refractivity contribution in [2.24, 2.45) is 0 Å². The zero-order valence-electron chi connectivity index (χ0n) is 16.4. The average Bonchev–Trinajstić information content (AvgIpc) is 3.38. The Morgan fingerprint density at radius 2 is 1.69 bits per heavy atom. The minimum Gasteiger partial charge on any atom is -0.369 e. The van der Waals surface area contributed by atoms with Gasteiger partial charge in [0.25, 0.3) is 0 Å². The Labute approximate surface area is 174 Å². The number of nitrogens with one attached hydrogen (secondary N) is 1. The molecule has 29 heavy (non-hydrogen) atoms. The number of piperazine rings is 1. The Bertz CT molecular complexity index is 1090. The number of rotatable bonds is 4. The number of para-hydroxylation sites is 1. The lowest BCUT2D eigenvalue weighted by Crippen LogP contribution is -2.47. The average molecular weight is 406 g/mol. The number of aryl methyl sites for hydroxylation is 1. The second-order valence-corrected chi connectivity index (χ2v) is 8.61. The molecular weight excluding hydrogens is 381 g/mol. The number of hydrogen-bond donors (Lipinski definition) is 1. The number of aromatic amines is 1. The number of H-pyrrole nitrogens is 1. The minimum atomic E-state index is -0.181. The molecule has 5 rings (SSSR count). The largest absolute Gasteiger partial charge is 0.369 e. The standard InChI is InChI=1S/C24H24FN3S/c1-17-23(20-5-2-3-6-21(20)26-17)24(22-7-4-16-29-22)28-14-12-27(13-15-28)19-10-8-18(25)9-11-19/h2-11,16,24,26H,12-15H2,1H3. The Balaban J connectivity index is 1.46. The molecule has 0 saturated carbocycles. The van der Waals surface area contributed by atoms with Crippen molar-refractivity contribution in [3.05, 3.63) is 88.0 Å². The summed E-state index contributed by atoms with van der Waals surface area (Å²) in [6, 6.07) is 20.1. The molecule has 1 aliphatic heterocycles. The van der Waals surface area contributed by atoms with E-state index in [-0.39, 0.29) is 11.9 Å². The SMILES string of the molecule is Cc1[nH]c2ccccc2c1C(c1cccs1)N1CCN(c2ccc(F)cc2)CC1. The summed E-state index contributed by atoms with van der Waals surface area (Å²) < 4.78 is 13.3. The monoisotopic (exact) mass is 405 g/mol. The number of thiophene rings is 1. The second-order valence-electron chi connectivity index (χ2n) is 7.63. The van der Waals surface area contributed by atoms with E-state index in [1.807, 2.05) is 23.5 Å². The Morgan fingerprint density at radius 3 is 2.41 bits per heavy atom. The molecule has 0 aliphatic carbocycles. The van der Waals surface area contributed by atoms with Crippen LogP contribution in [0.15, 0.2) is 66.0 Å². The first kappa shape index (κ1) is 18.4. The summed E-state index contributed by atoms with van der Waals surface area (Å²) in [7, 11) is 0. The maximum Gasteiger partial charge on any atom is 0.123 e. The quantitative estimate of drug-likeness (QED) is 0.478. The van der Waals surface area contributed by atoms with Gasteiger partial charge >= 0.3 is 0 Å². The zero-order chi connectivity index (χ0) is 19.8. The summed E-state index contributed by atoms with van der Waals surface area (Å²) in [6.07, 6.45) is 0. The number of aromatic nitrogens is 1. The van der Waals surface area contributed by atoms with Gasteiger partial charge < -0.3 is 9.88 Å². The van der Waals surface area contributed by atoms with E-state index >= 15 is 0 Å². The highest BCUT2D eigenvalue weighted by Crippen LogP contribution is 2.38. The van der Waals surface area contributed by atoms with Gasteiger partial charge in [-0.15, -0.1) is 11.3 Å². The molecule has 5 heteroatoms. The van der Waals surface area contributed by atoms with Crippen molar-refractivity contribution >= 4 is 27.9 Å². The Hall–Kier alpha value is -2.63. The fourth-order valence-corrected chi connectivity index (χ4v) is 5.36. The molecule has 0 bridgehead atoms. The highest BCUT2D eigenvalue weighted by molar-refractivity contribution is 7.10. The first-order valence-electron chi connectivity index (χ1n) is 10.1. The smallest absolute Gasteiger partial charge is 0.123 e. The maximum atomic E-state index is 13.3. The normalized spacial score (nSPS) is 16.4. The molecule has 1 saturated heterocycles. The van der Waals surface area contributed by atoms with E-state index in [2.05, 4.69) is 63.5 Å². The highest BCUT2D eigenvalue weighted by atomic mass is 32.1. The van der Waals surface area contributed by atoms with Crippen LogP contribution in [0, 0.1) is 12.7 Å². The molecule has 1 unspecified atom stereocenters. The van der Waals surface area contributed by atoms with E-state index in [0.717, 1.165) is 31.9 Å². The number of halogens is 1. The molecule has 3 heterocycles. The van der Waals surface area contributed by atoms with Gasteiger partial charge in [-0.25, -0.2) is 4.39 Å². The molecule has 0 radical (unpaired) electrons. The zero-order valence-corrected chi connectivity index (χ0v) is 17.3. The van der Waals surface area contributed by atoms with Gasteiger partial charge in [0.1, 0.15) is 5.82 Å². The summed E-state index contributed by atoms with van der Waals surface area (Å²) in [5.41, 5.74) is 4.93. The lowest BCUT2D eigenvalue weighted by molar-refractivity contribution is 0.215. The van der Waals surface area contributed by atoms with Gasteiger partial charge in [-0.3, -0.25) is 4.90 Å². The van der Waals surface area contributed by atoms with Gasteiger partial charge in [-0.05, 0) is 48.7 Å². The van der Waals surface area contributed by atoms with Crippen LogP contribution in [0.3, 0.4) is 0 Å². The molecule has 0 spiro atoms. The van der Waals surface area contributed by atoms with Crippen molar-refractivity contribution < 1.29 is 4.39 Å². The number of nitrogens with zero attached hydrogens (tertiary/aromatic N) is 2. The first-order valence-corrected chi connectivity index (χ1v) is 10.9. The third kappa shape index (κ3) is 3.45. The highest BCUT2D eigenvalue weighted by Gasteiger charge is 2.30. The van der Waals surface area contributed by atoms with Gasteiger partial charge in [0.15, 0.2) is 0 Å². The number of hydrogen-bond acceptors (Lipinski definition) is 3. The lowest BCUT2D eigenvalue weighted by Gasteiger charge is -2.40. The number of fused-ring (bicyclic) bond motifs is 1. The van der Waals surface area contributed by atoms with E-state index in [9.17, 15) is 4.39 Å². The van der Waals surface area contributed by atoms with Crippen molar-refractivity contribution in [2.45, 2.75) is 13.0 Å². The molecule has 1 atom stereocenters. The van der Waals surface area contributed by atoms with Crippen LogP contribution in [0.5, 0.6) is 0 Å². The van der Waals surface area contributed by atoms with E-state index in [1.165, 1.54) is 27.0 Å². The molecule has 1 N–H and O–H groups in total. The molecule has 1 fully saturated rings. The predicted molar refractivity (Wildman–Crippen MR) is 119 cm³/mol. The maximum absolute atomic E-state index is 13.3. The Kier molecular flexibility index (Phi) is 4.86. The van der Waals surface area contributed by atoms with E-state index in [1.54, 1.807) is 12.1 Å². The summed E-state index contributed by atoms with van der Waals surface area (Å²) in [5, 5.41) is 3.48. The van der Waals surface area contributed by atoms with Gasteiger partial charge in [0, 0.05) is 58.9 Å². The molecule has 4 aromatic rings. The predicted octanol–water partition coefficient (Wildman–Crippen LogP) is 5.59. The van der Waals surface area contributed by atoms with Crippen LogP contribution in [-0.2, 0) is 0 Å².